The molecule has 11 heteroatoms. The highest BCUT2D eigenvalue weighted by Gasteiger charge is 2.34. The monoisotopic (exact) mass is 906 g/mol. The number of fused-ring (bicyclic) bond motifs is 4. The number of carbonyl (C=O) groups is 2. The lowest BCUT2D eigenvalue weighted by molar-refractivity contribution is 0.101. The minimum absolute atomic E-state index is 0. The molecule has 2 aliphatic carbocycles. The maximum Gasteiger partial charge on any atom is 0.169 e. The normalized spacial score (nSPS) is 21.1. The predicted molar refractivity (Wildman–Crippen MR) is 261 cm³/mol. The van der Waals surface area contributed by atoms with Gasteiger partial charge in [0.05, 0.1) is 21.8 Å². The lowest BCUT2D eigenvalue weighted by Crippen LogP contribution is -2.43. The fourth-order valence-corrected chi connectivity index (χ4v) is 13.1. The van der Waals surface area contributed by atoms with Crippen LogP contribution in [0.2, 0.25) is 0 Å². The molecule has 7 nitrogen and oxygen atoms in total. The average molecular weight is 908 g/mol. The lowest BCUT2D eigenvalue weighted by atomic mass is 9.90. The van der Waals surface area contributed by atoms with E-state index in [9.17, 15) is 9.59 Å². The molecule has 4 aromatic rings. The zero-order valence-corrected chi connectivity index (χ0v) is 39.7. The van der Waals surface area contributed by atoms with E-state index in [2.05, 4.69) is 68.1 Å². The standard InChI is InChI=1S/2C25H32N2OS.2ClH.H2O/c2*1-18(28)25-16-22-23(17-26-12-5-2-6-13-26)27(14-11-24(22)29-25)21-10-9-19-7-3-4-8-20(19)15-21;;;/h2*9-10,15-16,23H,2-8,11-14,17H2,1H3;2*1H;1H2. The van der Waals surface area contributed by atoms with E-state index in [0.29, 0.717) is 12.1 Å². The molecule has 10 rings (SSSR count). The van der Waals surface area contributed by atoms with Crippen molar-refractivity contribution in [3.63, 3.8) is 0 Å². The van der Waals surface area contributed by atoms with Crippen molar-refractivity contribution in [1.82, 2.24) is 9.80 Å². The molecule has 2 saturated heterocycles. The van der Waals surface area contributed by atoms with Gasteiger partial charge in [-0.15, -0.1) is 47.5 Å². The summed E-state index contributed by atoms with van der Waals surface area (Å²) in [5.41, 5.74) is 11.8. The molecule has 6 aliphatic rings. The van der Waals surface area contributed by atoms with Gasteiger partial charge in [0.15, 0.2) is 11.6 Å². The SMILES string of the molecule is CC(=O)c1cc2c(s1)CCN(c1ccc3c(c1)CCCC3)C2CN1CCCCC1.CC(=O)c1cc2c(s1)CCN(c1ccc3c(c1)CCCC3)C2CN1CCCCC1.Cl.Cl.O. The Kier molecular flexibility index (Phi) is 17.0. The van der Waals surface area contributed by atoms with Crippen LogP contribution in [-0.4, -0.2) is 79.2 Å². The van der Waals surface area contributed by atoms with E-state index in [1.807, 2.05) is 0 Å². The Morgan fingerprint density at radius 1 is 0.492 bits per heavy atom. The third-order valence-electron chi connectivity index (χ3n) is 14.1. The molecule has 2 aromatic carbocycles. The van der Waals surface area contributed by atoms with Gasteiger partial charge in [0.2, 0.25) is 0 Å². The molecular weight excluding hydrogens is 840 g/mol. The molecule has 0 saturated carbocycles. The molecule has 0 spiro atoms. The van der Waals surface area contributed by atoms with Crippen LogP contribution >= 0.6 is 47.5 Å². The molecule has 2 atom stereocenters. The fourth-order valence-electron chi connectivity index (χ4n) is 10.9. The molecule has 2 fully saturated rings. The van der Waals surface area contributed by atoms with E-state index in [-0.39, 0.29) is 41.9 Å². The molecule has 2 unspecified atom stereocenters. The number of anilines is 2. The molecule has 0 radical (unpaired) electrons. The highest BCUT2D eigenvalue weighted by atomic mass is 35.5. The lowest BCUT2D eigenvalue weighted by Gasteiger charge is -2.41. The molecule has 0 bridgehead atoms. The first kappa shape index (κ1) is 47.7. The number of nitrogens with zero attached hydrogens (tertiary/aromatic N) is 4. The number of Topliss-reactive ketones (excluding diaryl/α,β-unsaturated/α-hetero) is 2. The second-order valence-electron chi connectivity index (χ2n) is 18.1. The quantitative estimate of drug-likeness (QED) is 0.164. The van der Waals surface area contributed by atoms with Crippen molar-refractivity contribution in [2.75, 3.05) is 62.2 Å². The van der Waals surface area contributed by atoms with E-state index < -0.39 is 0 Å². The van der Waals surface area contributed by atoms with Gasteiger partial charge in [-0.05, 0) is 200 Å². The molecule has 6 heterocycles. The summed E-state index contributed by atoms with van der Waals surface area (Å²) in [6, 6.07) is 19.6. The van der Waals surface area contributed by atoms with Crippen LogP contribution < -0.4 is 9.80 Å². The molecule has 2 aromatic heterocycles. The number of aryl methyl sites for hydroxylation is 4. The van der Waals surface area contributed by atoms with Crippen LogP contribution in [0.4, 0.5) is 11.4 Å². The van der Waals surface area contributed by atoms with Crippen molar-refractivity contribution in [1.29, 1.82) is 0 Å². The van der Waals surface area contributed by atoms with Crippen LogP contribution in [-0.2, 0) is 38.5 Å². The minimum Gasteiger partial charge on any atom is -0.412 e. The van der Waals surface area contributed by atoms with Gasteiger partial charge < -0.3 is 25.1 Å². The van der Waals surface area contributed by atoms with Crippen molar-refractivity contribution in [2.45, 2.75) is 129 Å². The summed E-state index contributed by atoms with van der Waals surface area (Å²) in [5.74, 6) is 0.419. The maximum atomic E-state index is 12.1. The van der Waals surface area contributed by atoms with E-state index in [1.54, 1.807) is 58.8 Å². The Hall–Kier alpha value is -2.76. The van der Waals surface area contributed by atoms with Crippen molar-refractivity contribution >= 4 is 70.4 Å². The number of hydrogen-bond donors (Lipinski definition) is 0. The van der Waals surface area contributed by atoms with Crippen LogP contribution in [0.15, 0.2) is 48.5 Å². The third-order valence-corrected chi connectivity index (χ3v) is 16.7. The number of likely N-dealkylation sites (tertiary alicyclic amines) is 2. The summed E-state index contributed by atoms with van der Waals surface area (Å²) in [7, 11) is 0. The first-order valence-corrected chi connectivity index (χ1v) is 24.5. The summed E-state index contributed by atoms with van der Waals surface area (Å²) in [4.78, 5) is 39.4. The summed E-state index contributed by atoms with van der Waals surface area (Å²) >= 11 is 3.47. The number of rotatable bonds is 8. The van der Waals surface area contributed by atoms with Gasteiger partial charge >= 0.3 is 0 Å². The van der Waals surface area contributed by atoms with E-state index in [4.69, 9.17) is 0 Å². The molecule has 332 valence electrons. The minimum atomic E-state index is 0. The van der Waals surface area contributed by atoms with Crippen LogP contribution in [0.1, 0.15) is 153 Å². The number of hydrogen-bond acceptors (Lipinski definition) is 8. The van der Waals surface area contributed by atoms with Gasteiger partial charge in [-0.3, -0.25) is 9.59 Å². The van der Waals surface area contributed by atoms with Crippen molar-refractivity contribution in [2.24, 2.45) is 0 Å². The predicted octanol–water partition coefficient (Wildman–Crippen LogP) is 10.9. The van der Waals surface area contributed by atoms with Gasteiger partial charge in [0.1, 0.15) is 0 Å². The second kappa shape index (κ2) is 21.7. The number of ketones is 2. The zero-order chi connectivity index (χ0) is 39.6. The number of piperidine rings is 2. The Morgan fingerprint density at radius 2 is 0.869 bits per heavy atom. The first-order valence-electron chi connectivity index (χ1n) is 22.9. The summed E-state index contributed by atoms with van der Waals surface area (Å²) in [6.45, 7) is 12.6. The summed E-state index contributed by atoms with van der Waals surface area (Å²) < 4.78 is 0. The number of carbonyl (C=O) groups excluding carboxylic acids is 2. The molecule has 61 heavy (non-hydrogen) atoms. The number of benzene rings is 2. The number of thiophene rings is 2. The van der Waals surface area contributed by atoms with Gasteiger partial charge in [-0.2, -0.15) is 0 Å². The van der Waals surface area contributed by atoms with Gasteiger partial charge in [-0.1, -0.05) is 25.0 Å². The van der Waals surface area contributed by atoms with Crippen LogP contribution in [0, 0.1) is 0 Å². The maximum absolute atomic E-state index is 12.1. The Morgan fingerprint density at radius 3 is 1.25 bits per heavy atom. The highest BCUT2D eigenvalue weighted by molar-refractivity contribution is 7.14. The van der Waals surface area contributed by atoms with E-state index >= 15 is 0 Å². The number of halogens is 2. The summed E-state index contributed by atoms with van der Waals surface area (Å²) in [6.07, 6.45) is 20.4. The van der Waals surface area contributed by atoms with Crippen LogP contribution in [0.5, 0.6) is 0 Å². The molecule has 4 aliphatic heterocycles. The summed E-state index contributed by atoms with van der Waals surface area (Å²) in [5, 5.41) is 0. The van der Waals surface area contributed by atoms with Crippen LogP contribution in [0.25, 0.3) is 0 Å². The van der Waals surface area contributed by atoms with Gasteiger partial charge in [-0.25, -0.2) is 0 Å². The topological polar surface area (TPSA) is 78.6 Å². The van der Waals surface area contributed by atoms with Crippen molar-refractivity contribution in [3.8, 4) is 0 Å². The van der Waals surface area contributed by atoms with Crippen molar-refractivity contribution in [3.05, 3.63) is 101 Å². The Labute approximate surface area is 385 Å². The van der Waals surface area contributed by atoms with Crippen molar-refractivity contribution < 1.29 is 15.1 Å². The smallest absolute Gasteiger partial charge is 0.169 e. The van der Waals surface area contributed by atoms with E-state index in [0.717, 1.165) is 48.8 Å². The first-order chi connectivity index (χ1) is 28.4. The Balaban J connectivity index is 0.000000194. The second-order valence-corrected chi connectivity index (χ2v) is 20.3. The zero-order valence-electron chi connectivity index (χ0n) is 36.5. The Bertz CT molecular complexity index is 1960. The molecule has 2 N–H and O–H groups in total. The fraction of sp³-hybridized carbons (Fsp3) is 0.560. The van der Waals surface area contributed by atoms with Crippen LogP contribution in [0.3, 0.4) is 0 Å². The van der Waals surface area contributed by atoms with Gasteiger partial charge in [0, 0.05) is 47.3 Å². The van der Waals surface area contributed by atoms with E-state index in [1.165, 1.54) is 148 Å². The largest absolute Gasteiger partial charge is 0.412 e. The van der Waals surface area contributed by atoms with Gasteiger partial charge in [0.25, 0.3) is 0 Å². The average Bonchev–Trinajstić information content (AvgIpc) is 3.91. The molecule has 0 amide bonds. The molecular formula is C50H68Cl2N4O3S2. The third kappa shape index (κ3) is 10.8. The highest BCUT2D eigenvalue weighted by Crippen LogP contribution is 2.42.